The molecule has 26 heavy (non-hydrogen) atoms. The smallest absolute Gasteiger partial charge is 0.274 e. The molecular weight excluding hydrogens is 350 g/mol. The summed E-state index contributed by atoms with van der Waals surface area (Å²) in [6, 6.07) is 14.0. The number of hydrogen-bond acceptors (Lipinski definition) is 4. The third kappa shape index (κ3) is 3.45. The lowest BCUT2D eigenvalue weighted by Crippen LogP contribution is -2.34. The molecule has 1 unspecified atom stereocenters. The van der Waals surface area contributed by atoms with Gasteiger partial charge in [-0.25, -0.2) is 0 Å². The highest BCUT2D eigenvalue weighted by atomic mass is 35.5. The average Bonchev–Trinajstić information content (AvgIpc) is 3.10. The molecule has 136 valence electrons. The number of aromatic nitrogens is 1. The molecule has 6 heteroatoms. The zero-order chi connectivity index (χ0) is 17.2. The Kier molecular flexibility index (Phi) is 5.59. The van der Waals surface area contributed by atoms with E-state index in [4.69, 9.17) is 10.3 Å². The number of carbonyl (C=O) groups is 1. The molecule has 4 rings (SSSR count). The van der Waals surface area contributed by atoms with Gasteiger partial charge in [-0.15, -0.1) is 12.4 Å². The van der Waals surface area contributed by atoms with Crippen LogP contribution in [-0.4, -0.2) is 17.6 Å². The minimum absolute atomic E-state index is 0. The predicted molar refractivity (Wildman–Crippen MR) is 104 cm³/mol. The van der Waals surface area contributed by atoms with E-state index in [0.717, 1.165) is 48.0 Å². The first kappa shape index (κ1) is 18.4. The molecule has 1 heterocycles. The summed E-state index contributed by atoms with van der Waals surface area (Å²) in [5, 5.41) is 9.31. The molecule has 2 aromatic carbocycles. The van der Waals surface area contributed by atoms with Gasteiger partial charge in [0.1, 0.15) is 5.76 Å². The minimum atomic E-state index is -0.256. The molecule has 1 aromatic heterocycles. The van der Waals surface area contributed by atoms with E-state index in [9.17, 15) is 4.79 Å². The van der Waals surface area contributed by atoms with Crippen LogP contribution in [0.4, 0.5) is 0 Å². The number of nitrogens with one attached hydrogen (secondary N) is 1. The van der Waals surface area contributed by atoms with Gasteiger partial charge >= 0.3 is 0 Å². The lowest BCUT2D eigenvalue weighted by Gasteiger charge is -2.18. The average molecular weight is 372 g/mol. The van der Waals surface area contributed by atoms with Gasteiger partial charge in [-0.2, -0.15) is 0 Å². The van der Waals surface area contributed by atoms with Gasteiger partial charge in [-0.1, -0.05) is 41.6 Å². The number of hydrogen-bond donors (Lipinski definition) is 2. The highest BCUT2D eigenvalue weighted by Gasteiger charge is 2.25. The van der Waals surface area contributed by atoms with Crippen LogP contribution < -0.4 is 11.1 Å². The molecule has 3 aromatic rings. The second-order valence-electron chi connectivity index (χ2n) is 6.51. The van der Waals surface area contributed by atoms with E-state index in [1.54, 1.807) is 0 Å². The molecule has 0 fully saturated rings. The summed E-state index contributed by atoms with van der Waals surface area (Å²) < 4.78 is 5.34. The van der Waals surface area contributed by atoms with E-state index in [-0.39, 0.29) is 24.4 Å². The van der Waals surface area contributed by atoms with Crippen LogP contribution in [0.3, 0.4) is 0 Å². The Labute approximate surface area is 158 Å². The first-order valence-electron chi connectivity index (χ1n) is 8.73. The lowest BCUT2D eigenvalue weighted by molar-refractivity contribution is 0.0928. The number of amides is 1. The molecule has 3 N–H and O–H groups in total. The molecular formula is C20H22ClN3O2. The van der Waals surface area contributed by atoms with Gasteiger partial charge in [0.2, 0.25) is 0 Å². The summed E-state index contributed by atoms with van der Waals surface area (Å²) in [6.07, 6.45) is 3.87. The molecule has 1 aliphatic rings. The zero-order valence-corrected chi connectivity index (χ0v) is 15.2. The number of fused-ring (bicyclic) bond motifs is 2. The summed E-state index contributed by atoms with van der Waals surface area (Å²) in [7, 11) is 0. The second-order valence-corrected chi connectivity index (χ2v) is 6.51. The predicted octanol–water partition coefficient (Wildman–Crippen LogP) is 3.56. The van der Waals surface area contributed by atoms with Crippen molar-refractivity contribution in [2.75, 3.05) is 6.54 Å². The molecule has 0 aliphatic heterocycles. The Morgan fingerprint density at radius 3 is 2.73 bits per heavy atom. The topological polar surface area (TPSA) is 81.1 Å². The number of aryl methyl sites for hydroxylation is 1. The Hall–Kier alpha value is -2.37. The summed E-state index contributed by atoms with van der Waals surface area (Å²) >= 11 is 0. The van der Waals surface area contributed by atoms with Crippen molar-refractivity contribution in [3.8, 4) is 0 Å². The summed E-state index contributed by atoms with van der Waals surface area (Å²) in [4.78, 5) is 12.7. The highest BCUT2D eigenvalue weighted by molar-refractivity contribution is 5.94. The van der Waals surface area contributed by atoms with Gasteiger partial charge in [0.05, 0.1) is 6.04 Å². The third-order valence-corrected chi connectivity index (χ3v) is 4.88. The fraction of sp³-hybridized carbons (Fsp3) is 0.300. The van der Waals surface area contributed by atoms with Gasteiger partial charge in [0.15, 0.2) is 5.69 Å². The van der Waals surface area contributed by atoms with Gasteiger partial charge < -0.3 is 15.6 Å². The van der Waals surface area contributed by atoms with Gasteiger partial charge in [0, 0.05) is 18.5 Å². The minimum Gasteiger partial charge on any atom is -0.360 e. The van der Waals surface area contributed by atoms with Crippen molar-refractivity contribution in [3.63, 3.8) is 0 Å². The van der Waals surface area contributed by atoms with Crippen LogP contribution in [0.2, 0.25) is 0 Å². The normalized spacial score (nSPS) is 14.3. The number of halogens is 1. The van der Waals surface area contributed by atoms with E-state index >= 15 is 0 Å². The van der Waals surface area contributed by atoms with Gasteiger partial charge in [-0.05, 0) is 41.7 Å². The van der Waals surface area contributed by atoms with E-state index < -0.39 is 0 Å². The Bertz CT molecular complexity index is 922. The summed E-state index contributed by atoms with van der Waals surface area (Å²) in [5.74, 6) is 0.641. The fourth-order valence-corrected chi connectivity index (χ4v) is 3.49. The molecule has 5 nitrogen and oxygen atoms in total. The molecule has 0 spiro atoms. The molecule has 1 amide bonds. The standard InChI is InChI=1S/C20H21N3O2.ClH/c21-12-17(15-10-9-13-5-1-2-6-14(13)11-15)22-20(24)19-16-7-3-4-8-18(16)25-23-19;/h1-2,5-6,9-11,17H,3-4,7-8,12,21H2,(H,22,24);1H. The molecule has 1 atom stereocenters. The van der Waals surface area contributed by atoms with E-state index in [1.165, 1.54) is 5.39 Å². The lowest BCUT2D eigenvalue weighted by atomic mass is 9.96. The third-order valence-electron chi connectivity index (χ3n) is 4.88. The SMILES string of the molecule is Cl.NCC(NC(=O)c1noc2c1CCCC2)c1ccc2ccccc2c1. The zero-order valence-electron chi connectivity index (χ0n) is 14.4. The Morgan fingerprint density at radius 2 is 1.92 bits per heavy atom. The molecule has 0 saturated carbocycles. The van der Waals surface area contributed by atoms with Crippen molar-refractivity contribution >= 4 is 29.1 Å². The first-order chi connectivity index (χ1) is 12.3. The van der Waals surface area contributed by atoms with Crippen molar-refractivity contribution in [2.45, 2.75) is 31.7 Å². The number of rotatable bonds is 4. The van der Waals surface area contributed by atoms with E-state index in [1.807, 2.05) is 18.2 Å². The number of nitrogens with zero attached hydrogens (tertiary/aromatic N) is 1. The Balaban J connectivity index is 0.00000196. The molecule has 0 saturated heterocycles. The molecule has 0 bridgehead atoms. The highest BCUT2D eigenvalue weighted by Crippen LogP contribution is 2.25. The first-order valence-corrected chi connectivity index (χ1v) is 8.73. The van der Waals surface area contributed by atoms with Crippen LogP contribution in [0, 0.1) is 0 Å². The van der Waals surface area contributed by atoms with Crippen LogP contribution in [0.1, 0.15) is 46.3 Å². The van der Waals surface area contributed by atoms with Crippen molar-refractivity contribution in [3.05, 3.63) is 65.0 Å². The van der Waals surface area contributed by atoms with Crippen LogP contribution in [0.15, 0.2) is 47.0 Å². The largest absolute Gasteiger partial charge is 0.360 e. The van der Waals surface area contributed by atoms with Crippen LogP contribution in [-0.2, 0) is 12.8 Å². The van der Waals surface area contributed by atoms with Gasteiger partial charge in [0.25, 0.3) is 5.91 Å². The van der Waals surface area contributed by atoms with Crippen LogP contribution in [0.25, 0.3) is 10.8 Å². The maximum atomic E-state index is 12.7. The van der Waals surface area contributed by atoms with Gasteiger partial charge in [-0.3, -0.25) is 4.79 Å². The fourth-order valence-electron chi connectivity index (χ4n) is 3.49. The second kappa shape index (κ2) is 7.89. The quantitative estimate of drug-likeness (QED) is 0.734. The van der Waals surface area contributed by atoms with E-state index in [0.29, 0.717) is 12.2 Å². The summed E-state index contributed by atoms with van der Waals surface area (Å²) in [6.45, 7) is 0.324. The van der Waals surface area contributed by atoms with E-state index in [2.05, 4.69) is 34.7 Å². The van der Waals surface area contributed by atoms with Crippen molar-refractivity contribution in [1.29, 1.82) is 0 Å². The maximum Gasteiger partial charge on any atom is 0.274 e. The number of carbonyl (C=O) groups excluding carboxylic acids is 1. The monoisotopic (exact) mass is 371 g/mol. The number of benzene rings is 2. The van der Waals surface area contributed by atoms with Crippen molar-refractivity contribution in [2.24, 2.45) is 5.73 Å². The Morgan fingerprint density at radius 1 is 1.15 bits per heavy atom. The van der Waals surface area contributed by atoms with Crippen LogP contribution in [0.5, 0.6) is 0 Å². The van der Waals surface area contributed by atoms with Crippen molar-refractivity contribution in [1.82, 2.24) is 10.5 Å². The van der Waals surface area contributed by atoms with Crippen LogP contribution >= 0.6 is 12.4 Å². The number of nitrogens with two attached hydrogens (primary N) is 1. The van der Waals surface area contributed by atoms with Crippen molar-refractivity contribution < 1.29 is 9.32 Å². The molecule has 1 aliphatic carbocycles. The summed E-state index contributed by atoms with van der Waals surface area (Å²) in [5.41, 5.74) is 8.29. The maximum absolute atomic E-state index is 12.7. The molecule has 0 radical (unpaired) electrons.